The van der Waals surface area contributed by atoms with Crippen molar-refractivity contribution < 1.29 is 37.5 Å². The van der Waals surface area contributed by atoms with Crippen molar-refractivity contribution in [2.75, 3.05) is 5.73 Å². The molecule has 6 aromatic rings. The first-order valence-electron chi connectivity index (χ1n) is 14.0. The quantitative estimate of drug-likeness (QED) is 0.0379. The van der Waals surface area contributed by atoms with Crippen LogP contribution < -0.4 is 5.73 Å². The third kappa shape index (κ3) is 9.91. The second kappa shape index (κ2) is 17.8. The molecule has 0 saturated heterocycles. The summed E-state index contributed by atoms with van der Waals surface area (Å²) in [6.45, 7) is 6.84. The summed E-state index contributed by atoms with van der Waals surface area (Å²) < 4.78 is 2.73. The van der Waals surface area contributed by atoms with Crippen LogP contribution in [-0.2, 0) is 17.1 Å². The van der Waals surface area contributed by atoms with Crippen LogP contribution in [0.15, 0.2) is 100 Å². The molecule has 0 aliphatic carbocycles. The standard InChI is InChI=1S/C16H12Cl2N4O2.C11H10ClN3O.C6H6ClNO.Fe/c1-9-15(20-19-13-8-11(18)4-7-14(13)23)16(24)22(21-9)12-5-2-10(17)3-6-12;1-7-10(13-2)11(16)15(14-7)9-5-3-8(12)4-6-9;7-4-1-2-6(9)5(8)3-4;/h2-8,23-24H,1H3;3-6,16H,2H2,1H3;1-3,9H,8H2;. The summed E-state index contributed by atoms with van der Waals surface area (Å²) in [5.41, 5.74) is 8.85. The summed E-state index contributed by atoms with van der Waals surface area (Å²) >= 11 is 23.0. The van der Waals surface area contributed by atoms with E-state index in [1.807, 2.05) is 0 Å². The smallest absolute Gasteiger partial charge is 0.243 e. The minimum atomic E-state index is -0.167. The van der Waals surface area contributed by atoms with Gasteiger partial charge in [0.25, 0.3) is 0 Å². The molecule has 6 N–H and O–H groups in total. The van der Waals surface area contributed by atoms with Gasteiger partial charge in [-0.2, -0.15) is 19.6 Å². The zero-order chi connectivity index (χ0) is 35.8. The van der Waals surface area contributed by atoms with Crippen LogP contribution in [0.4, 0.5) is 22.7 Å². The van der Waals surface area contributed by atoms with E-state index in [4.69, 9.17) is 57.2 Å². The Bertz CT molecular complexity index is 2120. The molecule has 0 fully saturated rings. The zero-order valence-corrected chi connectivity index (χ0v) is 30.3. The summed E-state index contributed by atoms with van der Waals surface area (Å²) in [6.07, 6.45) is 0. The number of aliphatic imine (C=N–C) groups is 1. The van der Waals surface area contributed by atoms with Crippen LogP contribution in [0.5, 0.6) is 23.3 Å². The van der Waals surface area contributed by atoms with Gasteiger partial charge in [0.1, 0.15) is 22.9 Å². The number of nitrogens with zero attached hydrogens (tertiary/aromatic N) is 7. The largest absolute Gasteiger partial charge is 0.506 e. The molecule has 0 radical (unpaired) electrons. The van der Waals surface area contributed by atoms with E-state index in [0.29, 0.717) is 48.5 Å². The molecule has 0 spiro atoms. The molecule has 260 valence electrons. The predicted molar refractivity (Wildman–Crippen MR) is 194 cm³/mol. The van der Waals surface area contributed by atoms with E-state index in [1.165, 1.54) is 39.7 Å². The Balaban J connectivity index is 0.000000224. The van der Waals surface area contributed by atoms with Crippen molar-refractivity contribution in [3.8, 4) is 34.6 Å². The Labute approximate surface area is 317 Å². The first-order chi connectivity index (χ1) is 23.3. The molecule has 0 bridgehead atoms. The van der Waals surface area contributed by atoms with Crippen LogP contribution in [0.3, 0.4) is 0 Å². The number of nitrogen functional groups attached to an aromatic ring is 1. The van der Waals surface area contributed by atoms with Crippen LogP contribution >= 0.6 is 46.4 Å². The van der Waals surface area contributed by atoms with Gasteiger partial charge in [0, 0.05) is 37.2 Å². The number of halogens is 4. The summed E-state index contributed by atoms with van der Waals surface area (Å²) in [6, 6.07) is 22.8. The fourth-order valence-electron chi connectivity index (χ4n) is 4.05. The molecular formula is C33H28Cl4FeN8O4. The van der Waals surface area contributed by atoms with E-state index in [1.54, 1.807) is 68.4 Å². The molecule has 0 unspecified atom stereocenters. The molecule has 6 rings (SSSR count). The van der Waals surface area contributed by atoms with Crippen molar-refractivity contribution in [1.29, 1.82) is 0 Å². The number of anilines is 1. The van der Waals surface area contributed by atoms with Gasteiger partial charge < -0.3 is 26.2 Å². The van der Waals surface area contributed by atoms with Crippen molar-refractivity contribution in [3.05, 3.63) is 116 Å². The van der Waals surface area contributed by atoms with Gasteiger partial charge in [0.05, 0.1) is 28.5 Å². The summed E-state index contributed by atoms with van der Waals surface area (Å²) in [5, 5.41) is 57.3. The monoisotopic (exact) mass is 796 g/mol. The Hall–Kier alpha value is -4.75. The molecule has 2 heterocycles. The van der Waals surface area contributed by atoms with Crippen LogP contribution in [0.1, 0.15) is 11.4 Å². The van der Waals surface area contributed by atoms with Gasteiger partial charge in [-0.05, 0) is 105 Å². The molecule has 50 heavy (non-hydrogen) atoms. The predicted octanol–water partition coefficient (Wildman–Crippen LogP) is 9.81. The fraction of sp³-hybridized carbons (Fsp3) is 0.0606. The van der Waals surface area contributed by atoms with Gasteiger partial charge in [-0.3, -0.25) is 4.99 Å². The minimum absolute atomic E-state index is 0. The molecule has 0 amide bonds. The van der Waals surface area contributed by atoms with E-state index in [9.17, 15) is 15.3 Å². The van der Waals surface area contributed by atoms with E-state index in [-0.39, 0.29) is 51.7 Å². The number of hydrogen-bond acceptors (Lipinski definition) is 10. The van der Waals surface area contributed by atoms with Crippen molar-refractivity contribution in [2.45, 2.75) is 13.8 Å². The van der Waals surface area contributed by atoms with Crippen LogP contribution in [0, 0.1) is 13.8 Å². The molecule has 17 heteroatoms. The van der Waals surface area contributed by atoms with E-state index in [2.05, 4.69) is 32.1 Å². The molecule has 0 aliphatic rings. The second-order valence-corrected chi connectivity index (χ2v) is 11.7. The number of aromatic hydroxyl groups is 4. The van der Waals surface area contributed by atoms with Crippen LogP contribution in [0.25, 0.3) is 11.4 Å². The number of rotatable bonds is 5. The topological polar surface area (TPSA) is 180 Å². The minimum Gasteiger partial charge on any atom is -0.506 e. The molecule has 2 aromatic heterocycles. The first kappa shape index (κ1) is 39.7. The number of phenols is 2. The van der Waals surface area contributed by atoms with E-state index in [0.717, 1.165) is 5.69 Å². The van der Waals surface area contributed by atoms with E-state index >= 15 is 0 Å². The summed E-state index contributed by atoms with van der Waals surface area (Å²) in [4.78, 5) is 3.72. The molecule has 0 aliphatic heterocycles. The summed E-state index contributed by atoms with van der Waals surface area (Å²) in [5.74, 6) is -0.181. The molecule has 0 atom stereocenters. The molecule has 0 saturated carbocycles. The number of azo groups is 1. The van der Waals surface area contributed by atoms with Crippen molar-refractivity contribution in [2.24, 2.45) is 15.2 Å². The Morgan fingerprint density at radius 2 is 1.02 bits per heavy atom. The average molecular weight is 798 g/mol. The normalized spacial score (nSPS) is 10.4. The molecule has 12 nitrogen and oxygen atoms in total. The maximum atomic E-state index is 10.4. The summed E-state index contributed by atoms with van der Waals surface area (Å²) in [7, 11) is 0. The van der Waals surface area contributed by atoms with Gasteiger partial charge in [-0.15, -0.1) is 10.2 Å². The van der Waals surface area contributed by atoms with Crippen LogP contribution in [-0.4, -0.2) is 46.7 Å². The third-order valence-corrected chi connectivity index (χ3v) is 7.47. The van der Waals surface area contributed by atoms with Crippen LogP contribution in [0.2, 0.25) is 20.1 Å². The number of benzene rings is 4. The SMILES string of the molecule is C=Nc1c(C)nn(-c2ccc(Cl)cc2)c1O.Cc1nn(-c2ccc(Cl)cc2)c(O)c1N=Nc1cc(Cl)ccc1O.Nc1cc(Cl)ccc1O.[Fe]. The number of aromatic nitrogens is 4. The van der Waals surface area contributed by atoms with Gasteiger partial charge in [0.2, 0.25) is 11.8 Å². The number of hydrogen-bond donors (Lipinski definition) is 5. The van der Waals surface area contributed by atoms with Gasteiger partial charge >= 0.3 is 0 Å². The Morgan fingerprint density at radius 3 is 1.46 bits per heavy atom. The third-order valence-electron chi connectivity index (χ3n) is 6.50. The second-order valence-electron chi connectivity index (χ2n) is 9.99. The Kier molecular flexibility index (Phi) is 14.1. The fourth-order valence-corrected chi connectivity index (χ4v) is 4.65. The van der Waals surface area contributed by atoms with Crippen molar-refractivity contribution >= 4 is 75.9 Å². The van der Waals surface area contributed by atoms with Gasteiger partial charge in [0.15, 0.2) is 5.69 Å². The maximum absolute atomic E-state index is 10.4. The molecule has 4 aromatic carbocycles. The van der Waals surface area contributed by atoms with Gasteiger partial charge in [-0.25, -0.2) is 0 Å². The van der Waals surface area contributed by atoms with Crippen molar-refractivity contribution in [3.63, 3.8) is 0 Å². The molecular weight excluding hydrogens is 770 g/mol. The maximum Gasteiger partial charge on any atom is 0.243 e. The average Bonchev–Trinajstić information content (AvgIpc) is 3.53. The zero-order valence-electron chi connectivity index (χ0n) is 26.2. The number of aryl methyl sites for hydroxylation is 2. The number of nitrogens with two attached hydrogens (primary N) is 1. The van der Waals surface area contributed by atoms with Gasteiger partial charge in [-0.1, -0.05) is 46.4 Å². The van der Waals surface area contributed by atoms with Crippen molar-refractivity contribution in [1.82, 2.24) is 19.6 Å². The van der Waals surface area contributed by atoms with E-state index < -0.39 is 0 Å². The Morgan fingerprint density at radius 1 is 0.600 bits per heavy atom. The number of phenolic OH excluding ortho intramolecular Hbond substituents is 2. The first-order valence-corrected chi connectivity index (χ1v) is 15.5.